The Bertz CT molecular complexity index is 872. The molecule has 2 aliphatic rings. The molecule has 4 rings (SSSR count). The van der Waals surface area contributed by atoms with Gasteiger partial charge in [0.2, 0.25) is 0 Å². The maximum absolute atomic E-state index is 12.8. The van der Waals surface area contributed by atoms with Crippen LogP contribution in [0.2, 0.25) is 0 Å². The molecule has 0 unspecified atom stereocenters. The third kappa shape index (κ3) is 4.37. The Balaban J connectivity index is 1.40. The van der Waals surface area contributed by atoms with Gasteiger partial charge in [0.25, 0.3) is 0 Å². The topological polar surface area (TPSA) is 50.8 Å². The van der Waals surface area contributed by atoms with E-state index in [0.29, 0.717) is 31.1 Å². The van der Waals surface area contributed by atoms with Crippen molar-refractivity contribution in [2.45, 2.75) is 25.9 Å². The van der Waals surface area contributed by atoms with Gasteiger partial charge in [-0.05, 0) is 36.6 Å². The fourth-order valence-electron chi connectivity index (χ4n) is 3.61. The molecule has 0 spiro atoms. The molecule has 2 aromatic carbocycles. The van der Waals surface area contributed by atoms with Gasteiger partial charge in [-0.25, -0.2) is 4.79 Å². The highest BCUT2D eigenvalue weighted by Gasteiger charge is 2.21. The number of hydrogen-bond donors (Lipinski definition) is 1. The lowest BCUT2D eigenvalue weighted by atomic mass is 9.98. The predicted octanol–water partition coefficient (Wildman–Crippen LogP) is 4.48. The fraction of sp³-hybridized carbons (Fsp3) is 0.348. The first-order chi connectivity index (χ1) is 13.7. The number of rotatable bonds is 4. The van der Waals surface area contributed by atoms with Crippen LogP contribution in [-0.2, 0) is 4.74 Å². The van der Waals surface area contributed by atoms with E-state index < -0.39 is 0 Å². The summed E-state index contributed by atoms with van der Waals surface area (Å²) >= 11 is 0. The number of nitrogens with one attached hydrogen (secondary N) is 1. The van der Waals surface area contributed by atoms with Gasteiger partial charge in [0.15, 0.2) is 0 Å². The molecule has 5 heteroatoms. The molecule has 2 aromatic rings. The van der Waals surface area contributed by atoms with Crippen molar-refractivity contribution >= 4 is 17.3 Å². The van der Waals surface area contributed by atoms with Crippen molar-refractivity contribution in [3.05, 3.63) is 65.7 Å². The highest BCUT2D eigenvalue weighted by molar-refractivity contribution is 5.91. The first-order valence-corrected chi connectivity index (χ1v) is 9.84. The largest absolute Gasteiger partial charge is 0.486 e. The van der Waals surface area contributed by atoms with Crippen LogP contribution in [-0.4, -0.2) is 43.3 Å². The highest BCUT2D eigenvalue weighted by Crippen LogP contribution is 2.28. The van der Waals surface area contributed by atoms with E-state index in [4.69, 9.17) is 9.47 Å². The Morgan fingerprint density at radius 3 is 2.86 bits per heavy atom. The number of carbonyl (C=O) groups excluding carboxylic acids is 1. The Hall–Kier alpha value is -2.79. The molecule has 0 radical (unpaired) electrons. The molecular weight excluding hydrogens is 352 g/mol. The van der Waals surface area contributed by atoms with Crippen molar-refractivity contribution in [2.24, 2.45) is 0 Å². The minimum atomic E-state index is -0.0988. The van der Waals surface area contributed by atoms with Crippen molar-refractivity contribution < 1.29 is 14.3 Å². The summed E-state index contributed by atoms with van der Waals surface area (Å²) in [6.45, 7) is 4.73. The van der Waals surface area contributed by atoms with Crippen LogP contribution in [0.4, 0.5) is 10.5 Å². The van der Waals surface area contributed by atoms with Crippen molar-refractivity contribution in [1.82, 2.24) is 4.90 Å². The lowest BCUT2D eigenvalue weighted by Gasteiger charge is -2.27. The lowest BCUT2D eigenvalue weighted by molar-refractivity contribution is 0.142. The van der Waals surface area contributed by atoms with Crippen LogP contribution in [0, 0.1) is 6.92 Å². The Morgan fingerprint density at radius 1 is 1.21 bits per heavy atom. The predicted molar refractivity (Wildman–Crippen MR) is 111 cm³/mol. The molecule has 1 N–H and O–H groups in total. The van der Waals surface area contributed by atoms with E-state index in [-0.39, 0.29) is 12.1 Å². The Labute approximate surface area is 165 Å². The van der Waals surface area contributed by atoms with E-state index in [1.165, 1.54) is 16.7 Å². The summed E-state index contributed by atoms with van der Waals surface area (Å²) in [5.74, 6) is 0.694. The summed E-state index contributed by atoms with van der Waals surface area (Å²) < 4.78 is 11.4. The zero-order chi connectivity index (χ0) is 19.3. The van der Waals surface area contributed by atoms with Gasteiger partial charge in [0, 0.05) is 19.5 Å². The van der Waals surface area contributed by atoms with Gasteiger partial charge in [-0.15, -0.1) is 0 Å². The third-order valence-electron chi connectivity index (χ3n) is 5.20. The molecule has 1 fully saturated rings. The molecule has 28 heavy (non-hydrogen) atoms. The quantitative estimate of drug-likeness (QED) is 0.853. The number of anilines is 1. The van der Waals surface area contributed by atoms with Crippen molar-refractivity contribution in [3.8, 4) is 5.75 Å². The van der Waals surface area contributed by atoms with Crippen LogP contribution < -0.4 is 10.1 Å². The second kappa shape index (κ2) is 8.48. The van der Waals surface area contributed by atoms with E-state index in [1.54, 1.807) is 0 Å². The van der Waals surface area contributed by atoms with Gasteiger partial charge in [0.1, 0.15) is 11.9 Å². The standard InChI is InChI=1S/C23H26N2O3/c1-17-5-4-6-19(15-17)18-9-12-25(13-10-18)23(26)24-21-7-2-3-8-22(21)28-20-11-14-27-16-20/h2-9,15,20H,10-14,16H2,1H3,(H,24,26)/t20-/m0/s1. The maximum atomic E-state index is 12.8. The van der Waals surface area contributed by atoms with E-state index in [9.17, 15) is 4.79 Å². The number of para-hydroxylation sites is 2. The number of nitrogens with zero attached hydrogens (tertiary/aromatic N) is 1. The number of hydrogen-bond acceptors (Lipinski definition) is 3. The van der Waals surface area contributed by atoms with Crippen LogP contribution in [0.15, 0.2) is 54.6 Å². The normalized spacial score (nSPS) is 19.2. The fourth-order valence-corrected chi connectivity index (χ4v) is 3.61. The molecule has 2 amide bonds. The van der Waals surface area contributed by atoms with Gasteiger partial charge in [-0.3, -0.25) is 0 Å². The molecule has 0 aliphatic carbocycles. The summed E-state index contributed by atoms with van der Waals surface area (Å²) in [7, 11) is 0. The molecular formula is C23H26N2O3. The number of ether oxygens (including phenoxy) is 2. The second-order valence-corrected chi connectivity index (χ2v) is 7.32. The molecule has 2 aliphatic heterocycles. The number of urea groups is 1. The number of amides is 2. The summed E-state index contributed by atoms with van der Waals surface area (Å²) in [5, 5.41) is 3.01. The van der Waals surface area contributed by atoms with Crippen LogP contribution in [0.25, 0.3) is 5.57 Å². The molecule has 146 valence electrons. The zero-order valence-corrected chi connectivity index (χ0v) is 16.2. The van der Waals surface area contributed by atoms with Crippen LogP contribution >= 0.6 is 0 Å². The summed E-state index contributed by atoms with van der Waals surface area (Å²) in [5.41, 5.74) is 4.51. The van der Waals surface area contributed by atoms with Gasteiger partial charge in [-0.1, -0.05) is 48.0 Å². The minimum absolute atomic E-state index is 0.0489. The van der Waals surface area contributed by atoms with E-state index >= 15 is 0 Å². The highest BCUT2D eigenvalue weighted by atomic mass is 16.5. The third-order valence-corrected chi connectivity index (χ3v) is 5.20. The SMILES string of the molecule is Cc1cccc(C2=CCN(C(=O)Nc3ccccc3O[C@H]3CCOC3)CC2)c1. The average molecular weight is 378 g/mol. The molecule has 2 heterocycles. The van der Waals surface area contributed by atoms with Crippen molar-refractivity contribution in [3.63, 3.8) is 0 Å². The number of benzene rings is 2. The van der Waals surface area contributed by atoms with Crippen LogP contribution in [0.5, 0.6) is 5.75 Å². The molecule has 0 aromatic heterocycles. The maximum Gasteiger partial charge on any atom is 0.322 e. The van der Waals surface area contributed by atoms with Gasteiger partial charge in [-0.2, -0.15) is 0 Å². The van der Waals surface area contributed by atoms with Gasteiger partial charge >= 0.3 is 6.03 Å². The second-order valence-electron chi connectivity index (χ2n) is 7.32. The molecule has 0 bridgehead atoms. The zero-order valence-electron chi connectivity index (χ0n) is 16.2. The first-order valence-electron chi connectivity index (χ1n) is 9.84. The van der Waals surface area contributed by atoms with Gasteiger partial charge in [0.05, 0.1) is 18.9 Å². The minimum Gasteiger partial charge on any atom is -0.486 e. The number of carbonyl (C=O) groups is 1. The molecule has 1 atom stereocenters. The van der Waals surface area contributed by atoms with E-state index in [1.807, 2.05) is 29.2 Å². The van der Waals surface area contributed by atoms with Crippen LogP contribution in [0.1, 0.15) is 24.0 Å². The van der Waals surface area contributed by atoms with Gasteiger partial charge < -0.3 is 19.7 Å². The first kappa shape index (κ1) is 18.6. The summed E-state index contributed by atoms with van der Waals surface area (Å²) in [6.07, 6.45) is 3.93. The lowest BCUT2D eigenvalue weighted by Crippen LogP contribution is -2.38. The smallest absolute Gasteiger partial charge is 0.322 e. The molecule has 0 saturated carbocycles. The number of aryl methyl sites for hydroxylation is 1. The summed E-state index contributed by atoms with van der Waals surface area (Å²) in [4.78, 5) is 14.6. The van der Waals surface area contributed by atoms with Crippen molar-refractivity contribution in [2.75, 3.05) is 31.6 Å². The molecule has 5 nitrogen and oxygen atoms in total. The van der Waals surface area contributed by atoms with Crippen LogP contribution in [0.3, 0.4) is 0 Å². The van der Waals surface area contributed by atoms with E-state index in [2.05, 4.69) is 42.6 Å². The molecule has 1 saturated heterocycles. The summed E-state index contributed by atoms with van der Waals surface area (Å²) in [6, 6.07) is 16.0. The van der Waals surface area contributed by atoms with E-state index in [0.717, 1.165) is 19.4 Å². The average Bonchev–Trinajstić information content (AvgIpc) is 3.23. The Kier molecular flexibility index (Phi) is 5.63. The monoisotopic (exact) mass is 378 g/mol. The van der Waals surface area contributed by atoms with Crippen molar-refractivity contribution in [1.29, 1.82) is 0 Å². The Morgan fingerprint density at radius 2 is 2.11 bits per heavy atom.